The van der Waals surface area contributed by atoms with E-state index in [4.69, 9.17) is 5.73 Å². The van der Waals surface area contributed by atoms with Crippen LogP contribution in [0.2, 0.25) is 0 Å². The molecule has 27 heavy (non-hydrogen) atoms. The van der Waals surface area contributed by atoms with E-state index in [2.05, 4.69) is 15.6 Å². The first-order valence-corrected chi connectivity index (χ1v) is 8.59. The summed E-state index contributed by atoms with van der Waals surface area (Å²) in [6, 6.07) is 16.4. The number of anilines is 2. The van der Waals surface area contributed by atoms with Crippen LogP contribution < -0.4 is 16.4 Å². The molecule has 1 unspecified atom stereocenters. The van der Waals surface area contributed by atoms with Gasteiger partial charge in [-0.15, -0.1) is 0 Å². The summed E-state index contributed by atoms with van der Waals surface area (Å²) in [6.45, 7) is 0. The molecule has 6 heteroatoms. The van der Waals surface area contributed by atoms with Crippen molar-refractivity contribution in [3.8, 4) is 11.1 Å². The first-order chi connectivity index (χ1) is 13.1. The van der Waals surface area contributed by atoms with Gasteiger partial charge in [0.1, 0.15) is 6.04 Å². The van der Waals surface area contributed by atoms with E-state index in [0.29, 0.717) is 12.1 Å². The molecule has 1 aliphatic heterocycles. The van der Waals surface area contributed by atoms with Crippen molar-refractivity contribution in [1.82, 2.24) is 4.98 Å². The molecule has 2 amide bonds. The summed E-state index contributed by atoms with van der Waals surface area (Å²) in [4.78, 5) is 27.7. The molecule has 0 bridgehead atoms. The Bertz CT molecular complexity index is 1020. The van der Waals surface area contributed by atoms with E-state index in [1.54, 1.807) is 12.4 Å². The van der Waals surface area contributed by atoms with Crippen molar-refractivity contribution in [2.24, 2.45) is 5.73 Å². The number of nitrogens with zero attached hydrogens (tertiary/aromatic N) is 1. The maximum Gasteiger partial charge on any atom is 0.244 e. The highest BCUT2D eigenvalue weighted by molar-refractivity contribution is 5.99. The summed E-state index contributed by atoms with van der Waals surface area (Å²) in [5.74, 6) is -0.462. The fourth-order valence-electron chi connectivity index (χ4n) is 3.22. The minimum Gasteiger partial charge on any atom is -0.369 e. The number of primary amides is 1. The number of rotatable bonds is 5. The third-order valence-electron chi connectivity index (χ3n) is 4.53. The highest BCUT2D eigenvalue weighted by Gasteiger charge is 2.19. The van der Waals surface area contributed by atoms with Crippen LogP contribution in [0.1, 0.15) is 17.2 Å². The predicted octanol–water partition coefficient (Wildman–Crippen LogP) is 2.88. The number of hydrogen-bond donors (Lipinski definition) is 3. The van der Waals surface area contributed by atoms with Crippen LogP contribution in [-0.4, -0.2) is 16.8 Å². The molecule has 4 rings (SSSR count). The minimum atomic E-state index is -0.648. The van der Waals surface area contributed by atoms with Gasteiger partial charge in [0.15, 0.2) is 0 Å². The SMILES string of the molecule is NC(=O)C(Nc1cncc(-c2ccc3c(c2)CC(=O)N3)c1)c1ccccc1. The van der Waals surface area contributed by atoms with Crippen molar-refractivity contribution in [2.45, 2.75) is 12.5 Å². The number of pyridine rings is 1. The quantitative estimate of drug-likeness (QED) is 0.653. The van der Waals surface area contributed by atoms with Crippen LogP contribution in [0.4, 0.5) is 11.4 Å². The lowest BCUT2D eigenvalue weighted by Crippen LogP contribution is -2.27. The standard InChI is InChI=1S/C21H18N4O2/c22-21(27)20(13-4-2-1-3-5-13)24-17-9-16(11-23-12-17)14-6-7-18-15(8-14)10-19(26)25-18/h1-9,11-12,20,24H,10H2,(H2,22,27)(H,25,26). The van der Waals surface area contributed by atoms with Crippen molar-refractivity contribution >= 4 is 23.2 Å². The molecule has 134 valence electrons. The molecule has 0 fully saturated rings. The molecular weight excluding hydrogens is 340 g/mol. The van der Waals surface area contributed by atoms with Gasteiger partial charge in [-0.3, -0.25) is 14.6 Å². The highest BCUT2D eigenvalue weighted by Crippen LogP contribution is 2.30. The average Bonchev–Trinajstić information content (AvgIpc) is 3.06. The molecule has 1 aromatic heterocycles. The second-order valence-electron chi connectivity index (χ2n) is 6.45. The molecule has 1 aliphatic rings. The summed E-state index contributed by atoms with van der Waals surface area (Å²) in [6.07, 6.45) is 3.78. The lowest BCUT2D eigenvalue weighted by Gasteiger charge is -2.17. The summed E-state index contributed by atoms with van der Waals surface area (Å²) in [5.41, 5.74) is 10.7. The van der Waals surface area contributed by atoms with Gasteiger partial charge in [-0.2, -0.15) is 0 Å². The number of nitrogens with one attached hydrogen (secondary N) is 2. The van der Waals surface area contributed by atoms with Gasteiger partial charge in [-0.1, -0.05) is 36.4 Å². The molecule has 6 nitrogen and oxygen atoms in total. The van der Waals surface area contributed by atoms with E-state index in [1.165, 1.54) is 0 Å². The van der Waals surface area contributed by atoms with Crippen molar-refractivity contribution in [3.63, 3.8) is 0 Å². The molecule has 0 saturated heterocycles. The normalized spacial score (nSPS) is 13.6. The largest absolute Gasteiger partial charge is 0.369 e. The van der Waals surface area contributed by atoms with Gasteiger partial charge in [0, 0.05) is 17.4 Å². The Morgan fingerprint density at radius 2 is 1.89 bits per heavy atom. The molecule has 0 saturated carbocycles. The van der Waals surface area contributed by atoms with Gasteiger partial charge in [-0.25, -0.2) is 0 Å². The summed E-state index contributed by atoms with van der Waals surface area (Å²) >= 11 is 0. The average molecular weight is 358 g/mol. The smallest absolute Gasteiger partial charge is 0.244 e. The maximum atomic E-state index is 11.9. The molecule has 4 N–H and O–H groups in total. The lowest BCUT2D eigenvalue weighted by molar-refractivity contribution is -0.119. The summed E-state index contributed by atoms with van der Waals surface area (Å²) in [7, 11) is 0. The summed E-state index contributed by atoms with van der Waals surface area (Å²) in [5, 5.41) is 5.99. The number of amides is 2. The molecule has 0 spiro atoms. The zero-order chi connectivity index (χ0) is 18.8. The van der Waals surface area contributed by atoms with Crippen molar-refractivity contribution < 1.29 is 9.59 Å². The van der Waals surface area contributed by atoms with Crippen LogP contribution >= 0.6 is 0 Å². The van der Waals surface area contributed by atoms with Crippen molar-refractivity contribution in [2.75, 3.05) is 10.6 Å². The van der Waals surface area contributed by atoms with E-state index in [1.807, 2.05) is 54.6 Å². The van der Waals surface area contributed by atoms with Crippen LogP contribution in [0.5, 0.6) is 0 Å². The number of nitrogens with two attached hydrogens (primary N) is 1. The van der Waals surface area contributed by atoms with Crippen LogP contribution in [-0.2, 0) is 16.0 Å². The molecular formula is C21H18N4O2. The first kappa shape index (κ1) is 16.8. The number of fused-ring (bicyclic) bond motifs is 1. The first-order valence-electron chi connectivity index (χ1n) is 8.59. The Kier molecular flexibility index (Phi) is 4.30. The van der Waals surface area contributed by atoms with Crippen molar-refractivity contribution in [1.29, 1.82) is 0 Å². The zero-order valence-electron chi connectivity index (χ0n) is 14.5. The zero-order valence-corrected chi connectivity index (χ0v) is 14.5. The van der Waals surface area contributed by atoms with E-state index < -0.39 is 11.9 Å². The van der Waals surface area contributed by atoms with Crippen LogP contribution in [0.25, 0.3) is 11.1 Å². The van der Waals surface area contributed by atoms with E-state index >= 15 is 0 Å². The van der Waals surface area contributed by atoms with Crippen LogP contribution in [0, 0.1) is 0 Å². The number of hydrogen-bond acceptors (Lipinski definition) is 4. The summed E-state index contributed by atoms with van der Waals surface area (Å²) < 4.78 is 0. The molecule has 0 aliphatic carbocycles. The third kappa shape index (κ3) is 3.50. The lowest BCUT2D eigenvalue weighted by atomic mass is 10.0. The van der Waals surface area contributed by atoms with Gasteiger partial charge in [0.2, 0.25) is 11.8 Å². The molecule has 3 aromatic rings. The molecule has 2 heterocycles. The number of carbonyl (C=O) groups is 2. The Morgan fingerprint density at radius 3 is 2.67 bits per heavy atom. The Labute approximate surface area is 156 Å². The Hall–Kier alpha value is -3.67. The van der Waals surface area contributed by atoms with Gasteiger partial charge in [0.05, 0.1) is 18.3 Å². The van der Waals surface area contributed by atoms with E-state index in [-0.39, 0.29) is 5.91 Å². The molecule has 0 radical (unpaired) electrons. The second-order valence-corrected chi connectivity index (χ2v) is 6.45. The molecule has 1 atom stereocenters. The fraction of sp³-hybridized carbons (Fsp3) is 0.0952. The second kappa shape index (κ2) is 6.92. The van der Waals surface area contributed by atoms with E-state index in [0.717, 1.165) is 27.9 Å². The van der Waals surface area contributed by atoms with Gasteiger partial charge in [0.25, 0.3) is 0 Å². The van der Waals surface area contributed by atoms with Gasteiger partial charge >= 0.3 is 0 Å². The monoisotopic (exact) mass is 358 g/mol. The van der Waals surface area contributed by atoms with Gasteiger partial charge < -0.3 is 16.4 Å². The predicted molar refractivity (Wildman–Crippen MR) is 104 cm³/mol. The number of aromatic nitrogens is 1. The third-order valence-corrected chi connectivity index (χ3v) is 4.53. The Morgan fingerprint density at radius 1 is 1.07 bits per heavy atom. The fourth-order valence-corrected chi connectivity index (χ4v) is 3.22. The maximum absolute atomic E-state index is 11.9. The minimum absolute atomic E-state index is 0.00264. The highest BCUT2D eigenvalue weighted by atomic mass is 16.2. The molecule has 2 aromatic carbocycles. The number of benzene rings is 2. The topological polar surface area (TPSA) is 97.1 Å². The van der Waals surface area contributed by atoms with Crippen LogP contribution in [0.3, 0.4) is 0 Å². The van der Waals surface area contributed by atoms with Crippen LogP contribution in [0.15, 0.2) is 67.0 Å². The Balaban J connectivity index is 1.62. The number of carbonyl (C=O) groups excluding carboxylic acids is 2. The van der Waals surface area contributed by atoms with E-state index in [9.17, 15) is 9.59 Å². The van der Waals surface area contributed by atoms with Crippen molar-refractivity contribution in [3.05, 3.63) is 78.1 Å². The van der Waals surface area contributed by atoms with Gasteiger partial charge in [-0.05, 0) is 34.9 Å².